The van der Waals surface area contributed by atoms with Crippen LogP contribution in [-0.4, -0.2) is 6.61 Å². The number of aryl methyl sites for hydroxylation is 1. The Morgan fingerprint density at radius 1 is 1.20 bits per heavy atom. The number of nitrogens with two attached hydrogens (primary N) is 1. The van der Waals surface area contributed by atoms with Gasteiger partial charge in [0.15, 0.2) is 0 Å². The van der Waals surface area contributed by atoms with Crippen LogP contribution in [0.1, 0.15) is 29.7 Å². The van der Waals surface area contributed by atoms with Gasteiger partial charge in [-0.2, -0.15) is 0 Å². The normalized spacial score (nSPS) is 12.2. The van der Waals surface area contributed by atoms with Crippen LogP contribution >= 0.6 is 0 Å². The Morgan fingerprint density at radius 2 is 1.90 bits per heavy atom. The number of ether oxygens (including phenoxy) is 1. The van der Waals surface area contributed by atoms with Gasteiger partial charge in [-0.15, -0.1) is 0 Å². The van der Waals surface area contributed by atoms with Gasteiger partial charge >= 0.3 is 0 Å². The van der Waals surface area contributed by atoms with E-state index < -0.39 is 0 Å². The standard InChI is InChI=1S/C16H19FN2O/c1-3-20-13-7-5-12(6-8-13)16(19-18)14-10-11(2)4-9-15(14)17/h4-10,16,19H,3,18H2,1-2H3. The summed E-state index contributed by atoms with van der Waals surface area (Å²) < 4.78 is 19.4. The Hall–Kier alpha value is -1.91. The molecule has 106 valence electrons. The quantitative estimate of drug-likeness (QED) is 0.650. The van der Waals surface area contributed by atoms with E-state index in [0.29, 0.717) is 12.2 Å². The molecular weight excluding hydrogens is 255 g/mol. The van der Waals surface area contributed by atoms with Crippen LogP contribution in [-0.2, 0) is 0 Å². The molecule has 3 nitrogen and oxygen atoms in total. The second kappa shape index (κ2) is 6.50. The minimum absolute atomic E-state index is 0.271. The maximum absolute atomic E-state index is 14.0. The third-order valence-corrected chi connectivity index (χ3v) is 3.15. The van der Waals surface area contributed by atoms with Gasteiger partial charge in [0, 0.05) is 5.56 Å². The molecule has 0 aliphatic heterocycles. The highest BCUT2D eigenvalue weighted by atomic mass is 19.1. The fourth-order valence-electron chi connectivity index (χ4n) is 2.17. The van der Waals surface area contributed by atoms with E-state index in [-0.39, 0.29) is 11.9 Å². The first kappa shape index (κ1) is 14.5. The van der Waals surface area contributed by atoms with E-state index in [2.05, 4.69) is 5.43 Å². The Kier molecular flexibility index (Phi) is 4.71. The van der Waals surface area contributed by atoms with Crippen LogP contribution in [0.3, 0.4) is 0 Å². The zero-order valence-electron chi connectivity index (χ0n) is 11.7. The lowest BCUT2D eigenvalue weighted by molar-refractivity contribution is 0.340. The Labute approximate surface area is 118 Å². The first-order valence-electron chi connectivity index (χ1n) is 6.60. The minimum atomic E-state index is -0.384. The minimum Gasteiger partial charge on any atom is -0.494 e. The molecule has 2 aromatic rings. The van der Waals surface area contributed by atoms with E-state index in [4.69, 9.17) is 10.6 Å². The molecule has 0 heterocycles. The van der Waals surface area contributed by atoms with Crippen LogP contribution in [0.25, 0.3) is 0 Å². The van der Waals surface area contributed by atoms with Gasteiger partial charge in [-0.1, -0.05) is 29.8 Å². The number of benzene rings is 2. The lowest BCUT2D eigenvalue weighted by Crippen LogP contribution is -2.29. The number of hydrogen-bond donors (Lipinski definition) is 2. The van der Waals surface area contributed by atoms with E-state index >= 15 is 0 Å². The van der Waals surface area contributed by atoms with Crippen LogP contribution < -0.4 is 16.0 Å². The molecule has 1 unspecified atom stereocenters. The maximum Gasteiger partial charge on any atom is 0.128 e. The first-order chi connectivity index (χ1) is 9.65. The summed E-state index contributed by atoms with van der Waals surface area (Å²) in [6, 6.07) is 12.1. The third-order valence-electron chi connectivity index (χ3n) is 3.15. The maximum atomic E-state index is 14.0. The van der Waals surface area contributed by atoms with E-state index in [0.717, 1.165) is 16.9 Å². The van der Waals surface area contributed by atoms with Crippen LogP contribution in [0.5, 0.6) is 5.75 Å². The van der Waals surface area contributed by atoms with Crippen molar-refractivity contribution < 1.29 is 9.13 Å². The van der Waals surface area contributed by atoms with Gasteiger partial charge in [-0.05, 0) is 37.6 Å². The molecule has 1 atom stereocenters. The van der Waals surface area contributed by atoms with Crippen LogP contribution in [0, 0.1) is 12.7 Å². The molecule has 0 aliphatic carbocycles. The zero-order chi connectivity index (χ0) is 14.5. The lowest BCUT2D eigenvalue weighted by Gasteiger charge is -2.18. The molecule has 0 amide bonds. The summed E-state index contributed by atoms with van der Waals surface area (Å²) in [7, 11) is 0. The number of hydrogen-bond acceptors (Lipinski definition) is 3. The van der Waals surface area contributed by atoms with Crippen molar-refractivity contribution in [3.63, 3.8) is 0 Å². The smallest absolute Gasteiger partial charge is 0.128 e. The van der Waals surface area contributed by atoms with Crippen molar-refractivity contribution in [2.24, 2.45) is 5.84 Å². The predicted octanol–water partition coefficient (Wildman–Crippen LogP) is 3.09. The van der Waals surface area contributed by atoms with Gasteiger partial charge in [-0.25, -0.2) is 9.82 Å². The van der Waals surface area contributed by atoms with Crippen molar-refractivity contribution >= 4 is 0 Å². The van der Waals surface area contributed by atoms with Crippen molar-refractivity contribution in [3.8, 4) is 5.75 Å². The zero-order valence-corrected chi connectivity index (χ0v) is 11.7. The largest absolute Gasteiger partial charge is 0.494 e. The summed E-state index contributed by atoms with van der Waals surface area (Å²) in [6.07, 6.45) is 0. The van der Waals surface area contributed by atoms with Gasteiger partial charge in [0.1, 0.15) is 11.6 Å². The molecule has 0 saturated heterocycles. The molecule has 3 N–H and O–H groups in total. The summed E-state index contributed by atoms with van der Waals surface area (Å²) in [4.78, 5) is 0. The summed E-state index contributed by atoms with van der Waals surface area (Å²) >= 11 is 0. The SMILES string of the molecule is CCOc1ccc(C(NN)c2cc(C)ccc2F)cc1. The van der Waals surface area contributed by atoms with Gasteiger partial charge in [0.2, 0.25) is 0 Å². The number of rotatable bonds is 5. The van der Waals surface area contributed by atoms with E-state index in [1.165, 1.54) is 6.07 Å². The first-order valence-corrected chi connectivity index (χ1v) is 6.60. The molecule has 20 heavy (non-hydrogen) atoms. The second-order valence-electron chi connectivity index (χ2n) is 4.63. The van der Waals surface area contributed by atoms with Gasteiger partial charge < -0.3 is 4.74 Å². The number of nitrogens with one attached hydrogen (secondary N) is 1. The Morgan fingerprint density at radius 3 is 2.50 bits per heavy atom. The molecular formula is C16H19FN2O. The summed E-state index contributed by atoms with van der Waals surface area (Å²) in [5.41, 5.74) is 5.09. The van der Waals surface area contributed by atoms with Crippen molar-refractivity contribution in [2.75, 3.05) is 6.61 Å². The van der Waals surface area contributed by atoms with E-state index in [1.807, 2.05) is 38.1 Å². The van der Waals surface area contributed by atoms with Gasteiger partial charge in [-0.3, -0.25) is 5.84 Å². The van der Waals surface area contributed by atoms with Crippen LogP contribution in [0.4, 0.5) is 4.39 Å². The lowest BCUT2D eigenvalue weighted by atomic mass is 9.97. The number of hydrazine groups is 1. The van der Waals surface area contributed by atoms with Gasteiger partial charge in [0.05, 0.1) is 12.6 Å². The molecule has 2 aromatic carbocycles. The highest BCUT2D eigenvalue weighted by Crippen LogP contribution is 2.26. The molecule has 0 saturated carbocycles. The molecule has 2 rings (SSSR count). The predicted molar refractivity (Wildman–Crippen MR) is 77.9 cm³/mol. The highest BCUT2D eigenvalue weighted by molar-refractivity contribution is 5.37. The molecule has 0 spiro atoms. The summed E-state index contributed by atoms with van der Waals surface area (Å²) in [5.74, 6) is 6.12. The molecule has 0 fully saturated rings. The monoisotopic (exact) mass is 274 g/mol. The van der Waals surface area contributed by atoms with E-state index in [9.17, 15) is 4.39 Å². The van der Waals surface area contributed by atoms with Crippen molar-refractivity contribution in [2.45, 2.75) is 19.9 Å². The van der Waals surface area contributed by atoms with Crippen LogP contribution in [0.15, 0.2) is 42.5 Å². The summed E-state index contributed by atoms with van der Waals surface area (Å²) in [6.45, 7) is 4.47. The Bertz CT molecular complexity index is 569. The average Bonchev–Trinajstić information content (AvgIpc) is 2.45. The molecule has 0 radical (unpaired) electrons. The summed E-state index contributed by atoms with van der Waals surface area (Å²) in [5, 5.41) is 0. The fraction of sp³-hybridized carbons (Fsp3) is 0.250. The molecule has 4 heteroatoms. The topological polar surface area (TPSA) is 47.3 Å². The highest BCUT2D eigenvalue weighted by Gasteiger charge is 2.16. The average molecular weight is 274 g/mol. The fourth-order valence-corrected chi connectivity index (χ4v) is 2.17. The number of halogens is 1. The van der Waals surface area contributed by atoms with Crippen molar-refractivity contribution in [1.29, 1.82) is 0 Å². The van der Waals surface area contributed by atoms with Gasteiger partial charge in [0.25, 0.3) is 0 Å². The Balaban J connectivity index is 2.34. The third kappa shape index (κ3) is 3.15. The van der Waals surface area contributed by atoms with E-state index in [1.54, 1.807) is 12.1 Å². The molecule has 0 bridgehead atoms. The van der Waals surface area contributed by atoms with Crippen molar-refractivity contribution in [1.82, 2.24) is 5.43 Å². The molecule has 0 aliphatic rings. The van der Waals surface area contributed by atoms with Crippen molar-refractivity contribution in [3.05, 3.63) is 65.0 Å². The van der Waals surface area contributed by atoms with Crippen LogP contribution in [0.2, 0.25) is 0 Å². The molecule has 0 aromatic heterocycles. The second-order valence-corrected chi connectivity index (χ2v) is 4.63.